The summed E-state index contributed by atoms with van der Waals surface area (Å²) >= 11 is 1.39. The molecule has 0 radical (unpaired) electrons. The number of benzene rings is 1. The fourth-order valence-electron chi connectivity index (χ4n) is 3.86. The number of halogens is 3. The molecule has 0 N–H and O–H groups in total. The number of hydrogen-bond acceptors (Lipinski definition) is 4. The van der Waals surface area contributed by atoms with Crippen molar-refractivity contribution < 1.29 is 22.7 Å². The van der Waals surface area contributed by atoms with E-state index in [1.54, 1.807) is 0 Å². The minimum atomic E-state index is -4.57. The molecule has 0 unspecified atom stereocenters. The number of carbonyl (C=O) groups is 1. The predicted octanol–water partition coefficient (Wildman–Crippen LogP) is 5.74. The van der Waals surface area contributed by atoms with Crippen LogP contribution in [0.5, 0.6) is 5.75 Å². The van der Waals surface area contributed by atoms with Gasteiger partial charge in [-0.25, -0.2) is 0 Å². The van der Waals surface area contributed by atoms with Crippen molar-refractivity contribution in [2.75, 3.05) is 20.2 Å². The Kier molecular flexibility index (Phi) is 7.97. The van der Waals surface area contributed by atoms with Crippen molar-refractivity contribution in [3.63, 3.8) is 0 Å². The van der Waals surface area contributed by atoms with Gasteiger partial charge in [0.25, 0.3) is 5.91 Å². The zero-order valence-electron chi connectivity index (χ0n) is 20.7. The normalized spacial score (nSPS) is 18.2. The molecule has 0 saturated carbocycles. The quantitative estimate of drug-likeness (QED) is 0.512. The molecule has 1 aliphatic heterocycles. The minimum Gasteiger partial charge on any atom is -0.491 e. The zero-order chi connectivity index (χ0) is 25.3. The van der Waals surface area contributed by atoms with Gasteiger partial charge in [0.15, 0.2) is 4.80 Å². The first-order valence-electron chi connectivity index (χ1n) is 11.6. The van der Waals surface area contributed by atoms with Crippen molar-refractivity contribution in [3.05, 3.63) is 45.2 Å². The van der Waals surface area contributed by atoms with E-state index in [-0.39, 0.29) is 22.8 Å². The first kappa shape index (κ1) is 26.5. The summed E-state index contributed by atoms with van der Waals surface area (Å²) in [6.07, 6.45) is -0.594. The molecule has 1 atom stereocenters. The van der Waals surface area contributed by atoms with Crippen molar-refractivity contribution in [1.29, 1.82) is 0 Å². The van der Waals surface area contributed by atoms with Crippen molar-refractivity contribution in [1.82, 2.24) is 9.47 Å². The second-order valence-electron chi connectivity index (χ2n) is 10.4. The third-order valence-electron chi connectivity index (χ3n) is 5.86. The lowest BCUT2D eigenvalue weighted by Gasteiger charge is -2.20. The number of likely N-dealkylation sites (tertiary alicyclic amines) is 1. The van der Waals surface area contributed by atoms with E-state index in [0.29, 0.717) is 23.9 Å². The van der Waals surface area contributed by atoms with Crippen LogP contribution in [0.15, 0.2) is 29.4 Å². The average molecular weight is 498 g/mol. The number of nitrogens with zero attached hydrogens (tertiary/aromatic N) is 3. The Labute approximate surface area is 203 Å². The number of hydrogen-bond donors (Lipinski definition) is 0. The number of aromatic nitrogens is 1. The Morgan fingerprint density at radius 3 is 2.53 bits per heavy atom. The maximum Gasteiger partial charge on any atom is 0.416 e. The molecular weight excluding hydrogens is 463 g/mol. The van der Waals surface area contributed by atoms with E-state index in [0.717, 1.165) is 36.4 Å². The number of likely N-dealkylation sites (N-methyl/N-ethyl adjacent to an activating group) is 1. The highest BCUT2D eigenvalue weighted by Crippen LogP contribution is 2.33. The summed E-state index contributed by atoms with van der Waals surface area (Å²) in [7, 11) is 1.99. The second kappa shape index (κ2) is 10.2. The van der Waals surface area contributed by atoms with Crippen LogP contribution in [0.1, 0.15) is 68.3 Å². The molecule has 1 aromatic heterocycles. The smallest absolute Gasteiger partial charge is 0.416 e. The van der Waals surface area contributed by atoms with Gasteiger partial charge >= 0.3 is 6.18 Å². The molecule has 3 rings (SSSR count). The van der Waals surface area contributed by atoms with Crippen LogP contribution in [0, 0.1) is 5.92 Å². The van der Waals surface area contributed by atoms with E-state index in [1.165, 1.54) is 17.4 Å². The van der Waals surface area contributed by atoms with Crippen LogP contribution < -0.4 is 9.54 Å². The van der Waals surface area contributed by atoms with Gasteiger partial charge in [0.05, 0.1) is 11.1 Å². The summed E-state index contributed by atoms with van der Waals surface area (Å²) in [6, 6.07) is 3.20. The van der Waals surface area contributed by atoms with Gasteiger partial charge in [-0.15, -0.1) is 11.3 Å². The predicted molar refractivity (Wildman–Crippen MR) is 128 cm³/mol. The summed E-state index contributed by atoms with van der Waals surface area (Å²) in [5.74, 6) is -0.293. The summed E-state index contributed by atoms with van der Waals surface area (Å²) in [6.45, 7) is 12.3. The largest absolute Gasteiger partial charge is 0.491 e. The number of ether oxygens (including phenoxy) is 1. The first-order valence-corrected chi connectivity index (χ1v) is 12.4. The van der Waals surface area contributed by atoms with Gasteiger partial charge < -0.3 is 14.2 Å². The summed E-state index contributed by atoms with van der Waals surface area (Å²) in [5, 5.41) is 0. The van der Waals surface area contributed by atoms with Gasteiger partial charge in [-0.2, -0.15) is 18.2 Å². The Hall–Kier alpha value is -2.13. The molecule has 2 heterocycles. The molecule has 1 saturated heterocycles. The van der Waals surface area contributed by atoms with E-state index in [4.69, 9.17) is 4.74 Å². The maximum atomic E-state index is 13.4. The van der Waals surface area contributed by atoms with Crippen LogP contribution in [-0.4, -0.2) is 41.6 Å². The van der Waals surface area contributed by atoms with Crippen LogP contribution in [0.2, 0.25) is 0 Å². The number of rotatable bonds is 6. The monoisotopic (exact) mass is 497 g/mol. The summed E-state index contributed by atoms with van der Waals surface area (Å²) in [4.78, 5) is 21.2. The zero-order valence-corrected chi connectivity index (χ0v) is 21.5. The highest BCUT2D eigenvalue weighted by atomic mass is 32.1. The molecule has 188 valence electrons. The van der Waals surface area contributed by atoms with Gasteiger partial charge in [-0.05, 0) is 56.0 Å². The van der Waals surface area contributed by atoms with Crippen LogP contribution in [0.4, 0.5) is 13.2 Å². The lowest BCUT2D eigenvalue weighted by Crippen LogP contribution is -2.30. The molecule has 1 fully saturated rings. The van der Waals surface area contributed by atoms with Gasteiger partial charge in [0, 0.05) is 23.7 Å². The van der Waals surface area contributed by atoms with Crippen molar-refractivity contribution >= 4 is 17.2 Å². The van der Waals surface area contributed by atoms with Gasteiger partial charge in [0.2, 0.25) is 0 Å². The van der Waals surface area contributed by atoms with Gasteiger partial charge in [-0.1, -0.05) is 34.6 Å². The number of amides is 1. The third-order valence-corrected chi connectivity index (χ3v) is 7.30. The lowest BCUT2D eigenvalue weighted by molar-refractivity contribution is -0.137. The molecule has 1 aliphatic rings. The van der Waals surface area contributed by atoms with E-state index in [9.17, 15) is 18.0 Å². The molecular formula is C25H34F3N3O2S. The van der Waals surface area contributed by atoms with Crippen LogP contribution in [-0.2, 0) is 18.1 Å². The summed E-state index contributed by atoms with van der Waals surface area (Å²) in [5.41, 5.74) is -1.21. The number of carbonyl (C=O) groups excluding carboxylic acids is 1. The summed E-state index contributed by atoms with van der Waals surface area (Å²) < 4.78 is 48.1. The van der Waals surface area contributed by atoms with Crippen LogP contribution >= 0.6 is 11.3 Å². The molecule has 0 bridgehead atoms. The third kappa shape index (κ3) is 6.50. The van der Waals surface area contributed by atoms with Crippen molar-refractivity contribution in [3.8, 4) is 5.75 Å². The Balaban J connectivity index is 2.02. The van der Waals surface area contributed by atoms with E-state index in [2.05, 4.69) is 44.5 Å². The Bertz CT molecular complexity index is 1080. The molecule has 34 heavy (non-hydrogen) atoms. The molecule has 0 spiro atoms. The van der Waals surface area contributed by atoms with Crippen LogP contribution in [0.25, 0.3) is 0 Å². The van der Waals surface area contributed by atoms with Crippen molar-refractivity contribution in [2.24, 2.45) is 10.9 Å². The molecule has 1 amide bonds. The van der Waals surface area contributed by atoms with Gasteiger partial charge in [0.1, 0.15) is 12.4 Å². The molecule has 5 nitrogen and oxygen atoms in total. The first-order chi connectivity index (χ1) is 15.8. The second-order valence-corrected chi connectivity index (χ2v) is 11.4. The topological polar surface area (TPSA) is 46.8 Å². The highest BCUT2D eigenvalue weighted by Gasteiger charge is 2.32. The van der Waals surface area contributed by atoms with E-state index >= 15 is 0 Å². The number of thiazole rings is 1. The molecule has 1 aromatic carbocycles. The fraction of sp³-hybridized carbons (Fsp3) is 0.600. The minimum absolute atomic E-state index is 0.130. The molecule has 2 aromatic rings. The van der Waals surface area contributed by atoms with Crippen molar-refractivity contribution in [2.45, 2.75) is 71.6 Å². The van der Waals surface area contributed by atoms with Crippen LogP contribution in [0.3, 0.4) is 0 Å². The molecule has 0 aliphatic carbocycles. The number of alkyl halides is 3. The average Bonchev–Trinajstić information content (AvgIpc) is 3.31. The molecule has 9 heteroatoms. The fourth-order valence-corrected chi connectivity index (χ4v) is 4.92. The Morgan fingerprint density at radius 1 is 1.26 bits per heavy atom. The SMILES string of the molecule is CC(C)Cn1cc(C(C)(C)C)sc1=NC(=O)c1cc(C(F)(F)F)ccc1OC[C@@H]1CCCN1C. The standard InChI is InChI=1S/C25H34F3N3O2S/c1-16(2)13-31-14-21(24(3,4)5)34-23(31)29-22(32)19-12-17(25(26,27)28)9-10-20(19)33-15-18-8-7-11-30(18)6/h9-10,12,14,16,18H,7-8,11,13,15H2,1-6H3/t18-/m0/s1. The Morgan fingerprint density at radius 2 is 1.97 bits per heavy atom. The van der Waals surface area contributed by atoms with E-state index in [1.807, 2.05) is 17.8 Å². The highest BCUT2D eigenvalue weighted by molar-refractivity contribution is 7.09. The maximum absolute atomic E-state index is 13.4. The lowest BCUT2D eigenvalue weighted by atomic mass is 9.95. The van der Waals surface area contributed by atoms with E-state index < -0.39 is 17.6 Å². The van der Waals surface area contributed by atoms with Gasteiger partial charge in [-0.3, -0.25) is 4.79 Å².